The Morgan fingerprint density at radius 1 is 0.846 bits per heavy atom. The highest BCUT2D eigenvalue weighted by molar-refractivity contribution is 5.87. The number of hydrogen-bond acceptors (Lipinski definition) is 3. The molecule has 2 heterocycles. The van der Waals surface area contributed by atoms with Crippen molar-refractivity contribution in [3.8, 4) is 0 Å². The maximum absolute atomic E-state index is 13.0. The second-order valence-electron chi connectivity index (χ2n) is 6.60. The third-order valence-electron chi connectivity index (χ3n) is 5.04. The third kappa shape index (κ3) is 2.91. The van der Waals surface area contributed by atoms with Crippen molar-refractivity contribution in [2.45, 2.75) is 18.2 Å². The lowest BCUT2D eigenvalue weighted by Gasteiger charge is -2.25. The van der Waals surface area contributed by atoms with E-state index in [-0.39, 0.29) is 11.9 Å². The van der Waals surface area contributed by atoms with Gasteiger partial charge in [0.05, 0.1) is 24.2 Å². The van der Waals surface area contributed by atoms with Gasteiger partial charge in [-0.2, -0.15) is 0 Å². The summed E-state index contributed by atoms with van der Waals surface area (Å²) in [5.74, 6) is -2.88. The van der Waals surface area contributed by atoms with Crippen LogP contribution >= 0.6 is 0 Å². The highest BCUT2D eigenvalue weighted by Gasteiger charge is 2.53. The number of carboxylic acids is 1. The van der Waals surface area contributed by atoms with Crippen molar-refractivity contribution < 1.29 is 19.4 Å². The normalized spacial score (nSPS) is 26.2. The van der Waals surface area contributed by atoms with Crippen LogP contribution in [0.3, 0.4) is 0 Å². The van der Waals surface area contributed by atoms with E-state index in [9.17, 15) is 14.7 Å². The zero-order valence-corrected chi connectivity index (χ0v) is 14.0. The van der Waals surface area contributed by atoms with E-state index in [4.69, 9.17) is 4.74 Å². The predicted molar refractivity (Wildman–Crippen MR) is 95.3 cm³/mol. The number of hydrogen-bond donors (Lipinski definition) is 2. The van der Waals surface area contributed by atoms with E-state index in [1.54, 1.807) is 12.2 Å². The Kier molecular flexibility index (Phi) is 4.31. The topological polar surface area (TPSA) is 75.6 Å². The molecule has 0 spiro atoms. The van der Waals surface area contributed by atoms with E-state index < -0.39 is 30.0 Å². The molecule has 4 atom stereocenters. The first-order chi connectivity index (χ1) is 12.6. The molecule has 1 amide bonds. The molecule has 0 aliphatic carbocycles. The van der Waals surface area contributed by atoms with E-state index in [1.807, 2.05) is 60.7 Å². The molecule has 0 aromatic heterocycles. The first-order valence-corrected chi connectivity index (χ1v) is 8.62. The van der Waals surface area contributed by atoms with Crippen molar-refractivity contribution in [2.24, 2.45) is 11.8 Å². The van der Waals surface area contributed by atoms with Gasteiger partial charge in [0.1, 0.15) is 5.92 Å². The van der Waals surface area contributed by atoms with Crippen LogP contribution in [-0.2, 0) is 14.3 Å². The third-order valence-corrected chi connectivity index (χ3v) is 5.04. The highest BCUT2D eigenvalue weighted by atomic mass is 16.5. The zero-order chi connectivity index (χ0) is 18.1. The zero-order valence-electron chi connectivity index (χ0n) is 14.0. The smallest absolute Gasteiger partial charge is 0.310 e. The lowest BCUT2D eigenvalue weighted by Crippen LogP contribution is -2.43. The molecule has 1 fully saturated rings. The maximum Gasteiger partial charge on any atom is 0.310 e. The molecule has 2 aliphatic rings. The Morgan fingerprint density at radius 2 is 1.35 bits per heavy atom. The summed E-state index contributed by atoms with van der Waals surface area (Å²) in [7, 11) is 0. The van der Waals surface area contributed by atoms with E-state index in [2.05, 4.69) is 5.32 Å². The van der Waals surface area contributed by atoms with Crippen molar-refractivity contribution in [3.05, 3.63) is 83.9 Å². The lowest BCUT2D eigenvalue weighted by atomic mass is 9.82. The van der Waals surface area contributed by atoms with Crippen molar-refractivity contribution in [2.75, 3.05) is 0 Å². The van der Waals surface area contributed by atoms with Crippen LogP contribution < -0.4 is 5.32 Å². The molecule has 5 nitrogen and oxygen atoms in total. The van der Waals surface area contributed by atoms with E-state index in [0.717, 1.165) is 11.1 Å². The molecular formula is C21H19NO4. The van der Waals surface area contributed by atoms with Crippen LogP contribution in [0, 0.1) is 11.8 Å². The Labute approximate surface area is 151 Å². The summed E-state index contributed by atoms with van der Waals surface area (Å²) in [5.41, 5.74) is 1.89. The van der Waals surface area contributed by atoms with Gasteiger partial charge in [0, 0.05) is 0 Å². The molecule has 0 radical (unpaired) electrons. The monoisotopic (exact) mass is 349 g/mol. The molecule has 132 valence electrons. The van der Waals surface area contributed by atoms with Gasteiger partial charge >= 0.3 is 5.97 Å². The minimum absolute atomic E-state index is 0.299. The number of nitrogens with one attached hydrogen (secondary N) is 1. The molecule has 2 aliphatic heterocycles. The molecule has 26 heavy (non-hydrogen) atoms. The van der Waals surface area contributed by atoms with Crippen LogP contribution in [0.15, 0.2) is 72.8 Å². The first-order valence-electron chi connectivity index (χ1n) is 8.62. The molecule has 2 bridgehead atoms. The fraction of sp³-hybridized carbons (Fsp3) is 0.238. The molecule has 2 aromatic rings. The SMILES string of the molecule is O=C(O)[C@@H]1[C@H](C(=O)NC(c2ccccc2)c2ccccc2)[C@H]2C=C[C@H]1O2. The molecule has 5 heteroatoms. The Balaban J connectivity index is 1.63. The summed E-state index contributed by atoms with van der Waals surface area (Å²) in [4.78, 5) is 24.7. The van der Waals surface area contributed by atoms with Crippen molar-refractivity contribution in [1.82, 2.24) is 5.32 Å². The van der Waals surface area contributed by atoms with Crippen molar-refractivity contribution in [3.63, 3.8) is 0 Å². The molecule has 0 saturated carbocycles. The Morgan fingerprint density at radius 3 is 1.85 bits per heavy atom. The van der Waals surface area contributed by atoms with E-state index >= 15 is 0 Å². The van der Waals surface area contributed by atoms with Gasteiger partial charge in [-0.3, -0.25) is 9.59 Å². The number of ether oxygens (including phenoxy) is 1. The quantitative estimate of drug-likeness (QED) is 0.814. The molecule has 4 rings (SSSR count). The summed E-state index contributed by atoms with van der Waals surface area (Å²) in [6, 6.07) is 19.0. The Hall–Kier alpha value is -2.92. The van der Waals surface area contributed by atoms with E-state index in [0.29, 0.717) is 0 Å². The molecular weight excluding hydrogens is 330 g/mol. The average molecular weight is 349 g/mol. The maximum atomic E-state index is 13.0. The molecule has 1 saturated heterocycles. The lowest BCUT2D eigenvalue weighted by molar-refractivity contribution is -0.146. The molecule has 2 N–H and O–H groups in total. The number of carbonyl (C=O) groups is 2. The minimum atomic E-state index is -1.00. The second kappa shape index (κ2) is 6.77. The largest absolute Gasteiger partial charge is 0.481 e. The number of amides is 1. The van der Waals surface area contributed by atoms with Gasteiger partial charge in [-0.1, -0.05) is 72.8 Å². The predicted octanol–water partition coefficient (Wildman–Crippen LogP) is 2.55. The summed E-state index contributed by atoms with van der Waals surface area (Å²) >= 11 is 0. The van der Waals surface area contributed by atoms with Gasteiger partial charge in [-0.25, -0.2) is 0 Å². The van der Waals surface area contributed by atoms with Gasteiger partial charge < -0.3 is 15.2 Å². The minimum Gasteiger partial charge on any atom is -0.481 e. The number of carboxylic acid groups (broad SMARTS) is 1. The standard InChI is InChI=1S/C21H19NO4/c23-20(17-15-11-12-16(26-15)18(17)21(24)25)22-19(13-7-3-1-4-8-13)14-9-5-2-6-10-14/h1-12,15-19H,(H,22,23)(H,24,25)/t15-,16-,17-,18+/m1/s1. The Bertz CT molecular complexity index is 794. The number of rotatable bonds is 5. The molecule has 0 unspecified atom stereocenters. The highest BCUT2D eigenvalue weighted by Crippen LogP contribution is 2.40. The van der Waals surface area contributed by atoms with Crippen LogP contribution in [0.5, 0.6) is 0 Å². The van der Waals surface area contributed by atoms with Gasteiger partial charge in [0.25, 0.3) is 0 Å². The van der Waals surface area contributed by atoms with Crippen LogP contribution in [0.25, 0.3) is 0 Å². The number of aliphatic carboxylic acids is 1. The summed E-state index contributed by atoms with van der Waals surface area (Å²) in [6.07, 6.45) is 2.52. The number of fused-ring (bicyclic) bond motifs is 2. The van der Waals surface area contributed by atoms with Crippen LogP contribution in [-0.4, -0.2) is 29.2 Å². The number of benzene rings is 2. The van der Waals surface area contributed by atoms with Gasteiger partial charge in [-0.05, 0) is 11.1 Å². The number of carbonyl (C=O) groups excluding carboxylic acids is 1. The van der Waals surface area contributed by atoms with Crippen LogP contribution in [0.4, 0.5) is 0 Å². The fourth-order valence-electron chi connectivity index (χ4n) is 3.80. The first kappa shape index (κ1) is 16.5. The second-order valence-corrected chi connectivity index (χ2v) is 6.60. The summed E-state index contributed by atoms with van der Waals surface area (Å²) < 4.78 is 5.62. The summed E-state index contributed by atoms with van der Waals surface area (Å²) in [5, 5.41) is 12.6. The fourth-order valence-corrected chi connectivity index (χ4v) is 3.80. The van der Waals surface area contributed by atoms with Gasteiger partial charge in [-0.15, -0.1) is 0 Å². The molecule has 2 aromatic carbocycles. The van der Waals surface area contributed by atoms with Gasteiger partial charge in [0.15, 0.2) is 0 Å². The average Bonchev–Trinajstić information content (AvgIpc) is 3.29. The van der Waals surface area contributed by atoms with Gasteiger partial charge in [0.2, 0.25) is 5.91 Å². The van der Waals surface area contributed by atoms with E-state index in [1.165, 1.54) is 0 Å². The van der Waals surface area contributed by atoms with Crippen LogP contribution in [0.2, 0.25) is 0 Å². The van der Waals surface area contributed by atoms with Crippen molar-refractivity contribution in [1.29, 1.82) is 0 Å². The van der Waals surface area contributed by atoms with Crippen LogP contribution in [0.1, 0.15) is 17.2 Å². The van der Waals surface area contributed by atoms with Crippen molar-refractivity contribution >= 4 is 11.9 Å². The summed E-state index contributed by atoms with van der Waals surface area (Å²) in [6.45, 7) is 0.